The molecule has 0 aromatic rings. The van der Waals surface area contributed by atoms with Crippen LogP contribution >= 0.6 is 7.82 Å². The Bertz CT molecular complexity index is 2060. The smallest absolute Gasteiger partial charge is 0.462 e. The largest absolute Gasteiger partial charge is 0.472 e. The fourth-order valence-corrected chi connectivity index (χ4v) is 12.3. The molecule has 0 rings (SSSR count). The number of phosphoric acid groups is 1. The van der Waals surface area contributed by atoms with Crippen LogP contribution in [0, 0.1) is 0 Å². The summed E-state index contributed by atoms with van der Waals surface area (Å²) in [6.45, 7) is 4.33. The van der Waals surface area contributed by atoms with E-state index in [0.717, 1.165) is 109 Å². The molecular weight excluding hydrogens is 1220 g/mol. The van der Waals surface area contributed by atoms with Crippen molar-refractivity contribution in [3.05, 3.63) is 122 Å². The lowest BCUT2D eigenvalue weighted by Crippen LogP contribution is -2.37. The molecule has 0 heterocycles. The molecule has 2 atom stereocenters. The number of ether oxygens (including phenoxy) is 2. The molecule has 0 aromatic heterocycles. The average molecular weight is 1370 g/mol. The Morgan fingerprint density at radius 2 is 0.588 bits per heavy atom. The van der Waals surface area contributed by atoms with Gasteiger partial charge in [0, 0.05) is 12.8 Å². The zero-order chi connectivity index (χ0) is 70.4. The van der Waals surface area contributed by atoms with E-state index in [2.05, 4.69) is 135 Å². The molecule has 0 saturated carbocycles. The van der Waals surface area contributed by atoms with Gasteiger partial charge in [0.15, 0.2) is 6.10 Å². The molecule has 0 aliphatic carbocycles. The van der Waals surface area contributed by atoms with Gasteiger partial charge in [0.2, 0.25) is 0 Å². The third-order valence-corrected chi connectivity index (χ3v) is 18.7. The first-order valence-electron chi connectivity index (χ1n) is 40.8. The Morgan fingerprint density at radius 3 is 0.876 bits per heavy atom. The molecule has 560 valence electrons. The van der Waals surface area contributed by atoms with Crippen LogP contribution < -0.4 is 0 Å². The second kappa shape index (κ2) is 76.6. The lowest BCUT2D eigenvalue weighted by atomic mass is 10.0. The minimum Gasteiger partial charge on any atom is -0.462 e. The van der Waals surface area contributed by atoms with Crippen molar-refractivity contribution in [1.82, 2.24) is 0 Å². The zero-order valence-corrected chi connectivity index (χ0v) is 64.9. The van der Waals surface area contributed by atoms with Crippen LogP contribution in [0.1, 0.15) is 367 Å². The summed E-state index contributed by atoms with van der Waals surface area (Å²) in [4.78, 5) is 36.0. The SMILES string of the molecule is CC/C=C\C/C=C\C/C=C\C/C=C\C/C=C\C/C=C\C/C=C\C/C=C\C/C=C\C/C=C\CCCCCCC(=O)OC(COC(=O)CCCCCCCCCCCCCCCCCCCCCCCCCCCCCCCCCCCCCCCC)COP(=O)(O)OCC[N+](C)(C)C. The molecule has 2 unspecified atom stereocenters. The number of carbonyl (C=O) groups excluding carboxylic acids is 2. The van der Waals surface area contributed by atoms with Crippen molar-refractivity contribution in [3.8, 4) is 0 Å². The van der Waals surface area contributed by atoms with E-state index >= 15 is 0 Å². The number of esters is 2. The van der Waals surface area contributed by atoms with Gasteiger partial charge >= 0.3 is 19.8 Å². The molecule has 0 aromatic carbocycles. The standard InChI is InChI=1S/C87H154NO8P/c1-6-8-10-12-14-16-18-20-22-24-26-28-30-32-34-36-38-40-42-43-44-46-47-49-51-53-55-57-59-61-63-65-67-69-71-73-75-77-79-86(89)93-83-85(84-95-97(91,92)94-82-81-88(3,4)5)96-87(90)80-78-76-74-72-70-68-66-64-62-60-58-56-54-52-50-48-45-41-39-37-35-33-31-29-27-25-23-21-19-17-15-13-11-9-7-2/h9,11,15,17,21,23,27,29,33,35,39,41,48,50,54,56,60,62,66,68,85H,6-8,10,12-14,16,18-20,22,24-26,28,30-32,34,36-38,40,42-47,49,51-53,55,57-59,61,63-65,67,69-84H2,1-5H3/p+1/b11-9-,17-15-,23-21-,29-27-,35-33-,41-39-,50-48-,56-54-,62-60-,68-66-. The van der Waals surface area contributed by atoms with Crippen LogP contribution in [0.25, 0.3) is 0 Å². The van der Waals surface area contributed by atoms with Crippen LogP contribution in [0.5, 0.6) is 0 Å². The van der Waals surface area contributed by atoms with E-state index in [0.29, 0.717) is 17.4 Å². The highest BCUT2D eigenvalue weighted by Gasteiger charge is 2.27. The number of quaternary nitrogens is 1. The van der Waals surface area contributed by atoms with Crippen LogP contribution in [0.4, 0.5) is 0 Å². The summed E-state index contributed by atoms with van der Waals surface area (Å²) in [6, 6.07) is 0. The van der Waals surface area contributed by atoms with Crippen molar-refractivity contribution < 1.29 is 42.1 Å². The maximum absolute atomic E-state index is 12.9. The van der Waals surface area contributed by atoms with Gasteiger partial charge in [-0.3, -0.25) is 18.6 Å². The summed E-state index contributed by atoms with van der Waals surface area (Å²) >= 11 is 0. The molecule has 0 spiro atoms. The van der Waals surface area contributed by atoms with Gasteiger partial charge in [0.05, 0.1) is 27.7 Å². The molecule has 0 aliphatic rings. The van der Waals surface area contributed by atoms with Gasteiger partial charge in [-0.15, -0.1) is 0 Å². The van der Waals surface area contributed by atoms with E-state index < -0.39 is 26.5 Å². The first kappa shape index (κ1) is 93.4. The summed E-state index contributed by atoms with van der Waals surface area (Å²) < 4.78 is 34.8. The number of carbonyl (C=O) groups is 2. The van der Waals surface area contributed by atoms with Gasteiger partial charge in [-0.1, -0.05) is 386 Å². The van der Waals surface area contributed by atoms with E-state index in [-0.39, 0.29) is 32.0 Å². The van der Waals surface area contributed by atoms with Crippen molar-refractivity contribution in [2.24, 2.45) is 0 Å². The van der Waals surface area contributed by atoms with Crippen LogP contribution in [-0.4, -0.2) is 74.9 Å². The normalized spacial score (nSPS) is 13.7. The Kier molecular flexibility index (Phi) is 73.8. The van der Waals surface area contributed by atoms with Crippen LogP contribution in [0.3, 0.4) is 0 Å². The highest BCUT2D eigenvalue weighted by Crippen LogP contribution is 2.43. The number of hydrogen-bond donors (Lipinski definition) is 1. The van der Waals surface area contributed by atoms with Crippen LogP contribution in [0.2, 0.25) is 0 Å². The lowest BCUT2D eigenvalue weighted by Gasteiger charge is -2.24. The number of phosphoric ester groups is 1. The summed E-state index contributed by atoms with van der Waals surface area (Å²) in [5, 5.41) is 0. The molecule has 0 bridgehead atoms. The Labute approximate surface area is 600 Å². The second-order valence-electron chi connectivity index (χ2n) is 28.4. The molecule has 0 fully saturated rings. The molecule has 1 N–H and O–H groups in total. The van der Waals surface area contributed by atoms with Crippen molar-refractivity contribution in [1.29, 1.82) is 0 Å². The summed E-state index contributed by atoms with van der Waals surface area (Å²) in [5.74, 6) is -0.820. The van der Waals surface area contributed by atoms with Crippen molar-refractivity contribution >= 4 is 19.8 Å². The van der Waals surface area contributed by atoms with Gasteiger partial charge in [0.1, 0.15) is 19.8 Å². The van der Waals surface area contributed by atoms with E-state index in [1.54, 1.807) is 0 Å². The van der Waals surface area contributed by atoms with Gasteiger partial charge in [-0.25, -0.2) is 4.57 Å². The van der Waals surface area contributed by atoms with Crippen LogP contribution in [-0.2, 0) is 32.7 Å². The highest BCUT2D eigenvalue weighted by atomic mass is 31.2. The maximum Gasteiger partial charge on any atom is 0.472 e. The number of allylic oxidation sites excluding steroid dienone is 20. The molecular formula is C87H155NO8P+. The maximum atomic E-state index is 12.9. The minimum atomic E-state index is -4.41. The summed E-state index contributed by atoms with van der Waals surface area (Å²) in [7, 11) is 1.46. The Hall–Kier alpha value is -3.59. The number of rotatable bonds is 75. The van der Waals surface area contributed by atoms with Crippen LogP contribution in [0.15, 0.2) is 122 Å². The number of unbranched alkanes of at least 4 members (excludes halogenated alkanes) is 41. The van der Waals surface area contributed by atoms with E-state index in [9.17, 15) is 19.0 Å². The lowest BCUT2D eigenvalue weighted by molar-refractivity contribution is -0.870. The molecule has 9 nitrogen and oxygen atoms in total. The highest BCUT2D eigenvalue weighted by molar-refractivity contribution is 7.47. The van der Waals surface area contributed by atoms with Gasteiger partial charge in [-0.05, 0) is 89.9 Å². The van der Waals surface area contributed by atoms with Gasteiger partial charge in [-0.2, -0.15) is 0 Å². The number of likely N-dealkylation sites (N-methyl/N-ethyl adjacent to an activating group) is 1. The van der Waals surface area contributed by atoms with Gasteiger partial charge < -0.3 is 18.9 Å². The van der Waals surface area contributed by atoms with E-state index in [1.807, 2.05) is 21.1 Å². The predicted molar refractivity (Wildman–Crippen MR) is 422 cm³/mol. The second-order valence-corrected chi connectivity index (χ2v) is 29.9. The molecule has 97 heavy (non-hydrogen) atoms. The molecule has 0 amide bonds. The fraction of sp³-hybridized carbons (Fsp3) is 0.747. The zero-order valence-electron chi connectivity index (χ0n) is 64.0. The first-order chi connectivity index (χ1) is 47.5. The average Bonchev–Trinajstić information content (AvgIpc) is 1.69. The topological polar surface area (TPSA) is 108 Å². The fourth-order valence-electron chi connectivity index (χ4n) is 11.6. The van der Waals surface area contributed by atoms with Crippen molar-refractivity contribution in [3.63, 3.8) is 0 Å². The molecule has 0 saturated heterocycles. The van der Waals surface area contributed by atoms with Crippen molar-refractivity contribution in [2.75, 3.05) is 47.5 Å². The van der Waals surface area contributed by atoms with Crippen molar-refractivity contribution in [2.45, 2.75) is 373 Å². The Balaban J connectivity index is 4.02. The predicted octanol–water partition coefficient (Wildman–Crippen LogP) is 27.3. The minimum absolute atomic E-state index is 0.0218. The van der Waals surface area contributed by atoms with E-state index in [1.165, 1.54) is 225 Å². The first-order valence-corrected chi connectivity index (χ1v) is 42.3. The molecule has 10 heteroatoms. The quantitative estimate of drug-likeness (QED) is 0.0211. The molecule has 0 radical (unpaired) electrons. The Morgan fingerprint density at radius 1 is 0.330 bits per heavy atom. The third-order valence-electron chi connectivity index (χ3n) is 17.8. The monoisotopic (exact) mass is 1370 g/mol. The summed E-state index contributed by atoms with van der Waals surface area (Å²) in [5.41, 5.74) is 0. The third kappa shape index (κ3) is 81.3. The number of nitrogens with zero attached hydrogens (tertiary/aromatic N) is 1. The van der Waals surface area contributed by atoms with Gasteiger partial charge in [0.25, 0.3) is 0 Å². The molecule has 0 aliphatic heterocycles. The van der Waals surface area contributed by atoms with E-state index in [4.69, 9.17) is 18.5 Å². The number of hydrogen-bond acceptors (Lipinski definition) is 7. The summed E-state index contributed by atoms with van der Waals surface area (Å²) in [6.07, 6.45) is 111.